The largest absolute Gasteiger partial charge is 0.457 e. The van der Waals surface area contributed by atoms with E-state index in [-0.39, 0.29) is 17.7 Å². The van der Waals surface area contributed by atoms with E-state index in [4.69, 9.17) is 5.73 Å². The summed E-state index contributed by atoms with van der Waals surface area (Å²) >= 11 is 0. The zero-order valence-corrected chi connectivity index (χ0v) is 13.8. The third-order valence-electron chi connectivity index (χ3n) is 4.04. The number of carbonyl (C=O) groups excluding carboxylic acids is 1. The third kappa shape index (κ3) is 3.51. The minimum Gasteiger partial charge on any atom is -0.366 e. The van der Waals surface area contributed by atoms with Gasteiger partial charge in [-0.3, -0.25) is 4.79 Å². The van der Waals surface area contributed by atoms with E-state index in [0.29, 0.717) is 12.1 Å². The van der Waals surface area contributed by atoms with Gasteiger partial charge in [0.15, 0.2) is 0 Å². The lowest BCUT2D eigenvalue weighted by Gasteiger charge is -2.36. The molecule has 29 heavy (non-hydrogen) atoms. The molecule has 2 aromatic rings. The van der Waals surface area contributed by atoms with Crippen LogP contribution in [-0.4, -0.2) is 24.2 Å². The first-order chi connectivity index (χ1) is 13.1. The molecule has 0 spiro atoms. The Balaban J connectivity index is 2.63. The monoisotopic (exact) mass is 433 g/mol. The molecule has 0 aromatic heterocycles. The molecule has 2 rings (SSSR count). The zero-order valence-electron chi connectivity index (χ0n) is 13.8. The first-order valence-electron chi connectivity index (χ1n) is 7.45. The molecule has 0 heterocycles. The average molecular weight is 433 g/mol. The van der Waals surface area contributed by atoms with Gasteiger partial charge in [0.2, 0.25) is 0 Å². The van der Waals surface area contributed by atoms with Crippen molar-refractivity contribution < 1.29 is 48.7 Å². The number of nitrogens with two attached hydrogens (primary N) is 1. The number of primary amides is 1. The van der Waals surface area contributed by atoms with Crippen LogP contribution in [0.5, 0.6) is 0 Å². The summed E-state index contributed by atoms with van der Waals surface area (Å²) in [5, 5.41) is 0. The number of hydrogen-bond donors (Lipinski definition) is 1. The van der Waals surface area contributed by atoms with Crippen molar-refractivity contribution in [1.29, 1.82) is 0 Å². The van der Waals surface area contributed by atoms with Crippen LogP contribution in [0.3, 0.4) is 0 Å². The van der Waals surface area contributed by atoms with Crippen molar-refractivity contribution in [3.05, 3.63) is 59.4 Å². The Morgan fingerprint density at radius 3 is 1.69 bits per heavy atom. The minimum absolute atomic E-state index is 0.0266. The van der Waals surface area contributed by atoms with E-state index in [1.807, 2.05) is 0 Å². The Morgan fingerprint density at radius 1 is 0.759 bits per heavy atom. The van der Waals surface area contributed by atoms with Gasteiger partial charge < -0.3 is 5.73 Å². The van der Waals surface area contributed by atoms with Crippen molar-refractivity contribution in [3.8, 4) is 11.1 Å². The molecule has 0 bridgehead atoms. The van der Waals surface area contributed by atoms with E-state index in [2.05, 4.69) is 0 Å². The SMILES string of the molecule is NC(=O)c1cccc(-c2ccc(C(F)(C(F)(F)F)C(F)(F)C(F)(F)F)cc2)c1F. The summed E-state index contributed by atoms with van der Waals surface area (Å²) in [6.07, 6.45) is -13.5. The molecule has 12 heteroatoms. The van der Waals surface area contributed by atoms with Crippen molar-refractivity contribution in [2.45, 2.75) is 23.9 Å². The smallest absolute Gasteiger partial charge is 0.366 e. The summed E-state index contributed by atoms with van der Waals surface area (Å²) in [6.45, 7) is 0. The molecule has 0 radical (unpaired) electrons. The first-order valence-corrected chi connectivity index (χ1v) is 7.45. The van der Waals surface area contributed by atoms with Crippen LogP contribution in [0.25, 0.3) is 11.1 Å². The molecule has 2 aromatic carbocycles. The standard InChI is InChI=1S/C17H9F10NO/c18-12-10(2-1-3-11(12)13(28)29)8-4-6-9(7-5-8)14(19,16(22,23)24)15(20,21)17(25,26)27/h1-7H,(H2,28,29). The minimum atomic E-state index is -6.85. The van der Waals surface area contributed by atoms with Crippen LogP contribution in [0, 0.1) is 5.82 Å². The highest BCUT2D eigenvalue weighted by molar-refractivity contribution is 5.94. The maximum absolute atomic E-state index is 14.4. The van der Waals surface area contributed by atoms with Crippen LogP contribution in [0.2, 0.25) is 0 Å². The first kappa shape index (κ1) is 22.5. The van der Waals surface area contributed by atoms with Crippen LogP contribution < -0.4 is 5.73 Å². The molecule has 0 saturated heterocycles. The number of hydrogen-bond acceptors (Lipinski definition) is 1. The van der Waals surface area contributed by atoms with Gasteiger partial charge in [-0.15, -0.1) is 0 Å². The lowest BCUT2D eigenvalue weighted by atomic mass is 9.86. The van der Waals surface area contributed by atoms with E-state index in [0.717, 1.165) is 18.2 Å². The predicted molar refractivity (Wildman–Crippen MR) is 80.2 cm³/mol. The number of halogens is 10. The molecule has 0 aliphatic heterocycles. The summed E-state index contributed by atoms with van der Waals surface area (Å²) in [5.74, 6) is -9.21. The number of amides is 1. The molecule has 158 valence electrons. The molecule has 1 unspecified atom stereocenters. The molecule has 0 saturated carbocycles. The molecule has 1 amide bonds. The number of alkyl halides is 9. The van der Waals surface area contributed by atoms with Gasteiger partial charge in [-0.1, -0.05) is 36.4 Å². The Kier molecular flexibility index (Phi) is 5.37. The molecule has 0 aliphatic rings. The summed E-state index contributed by atoms with van der Waals surface area (Å²) in [6, 6.07) is 4.22. The second kappa shape index (κ2) is 6.92. The average Bonchev–Trinajstić information content (AvgIpc) is 2.59. The highest BCUT2D eigenvalue weighted by Crippen LogP contribution is 2.58. The Hall–Kier alpha value is -2.79. The Morgan fingerprint density at radius 2 is 1.28 bits per heavy atom. The summed E-state index contributed by atoms with van der Waals surface area (Å²) in [4.78, 5) is 11.1. The second-order valence-corrected chi connectivity index (χ2v) is 5.84. The molecule has 0 fully saturated rings. The maximum Gasteiger partial charge on any atom is 0.457 e. The Labute approximate surface area is 155 Å². The van der Waals surface area contributed by atoms with Gasteiger partial charge in [0.05, 0.1) is 5.56 Å². The highest BCUT2D eigenvalue weighted by atomic mass is 19.4. The van der Waals surface area contributed by atoms with Crippen LogP contribution in [-0.2, 0) is 5.67 Å². The van der Waals surface area contributed by atoms with Gasteiger partial charge in [-0.05, 0) is 11.6 Å². The fourth-order valence-corrected chi connectivity index (χ4v) is 2.54. The quantitative estimate of drug-likeness (QED) is 0.635. The second-order valence-electron chi connectivity index (χ2n) is 5.84. The Bertz CT molecular complexity index is 917. The normalized spacial score (nSPS) is 15.1. The van der Waals surface area contributed by atoms with Crippen molar-refractivity contribution in [1.82, 2.24) is 0 Å². The topological polar surface area (TPSA) is 43.1 Å². The van der Waals surface area contributed by atoms with Gasteiger partial charge in [0, 0.05) is 11.1 Å². The highest BCUT2D eigenvalue weighted by Gasteiger charge is 2.81. The van der Waals surface area contributed by atoms with E-state index in [1.165, 1.54) is 0 Å². The van der Waals surface area contributed by atoms with Crippen molar-refractivity contribution >= 4 is 5.91 Å². The third-order valence-corrected chi connectivity index (χ3v) is 4.04. The fourth-order valence-electron chi connectivity index (χ4n) is 2.54. The van der Waals surface area contributed by atoms with Crippen molar-refractivity contribution in [3.63, 3.8) is 0 Å². The van der Waals surface area contributed by atoms with Gasteiger partial charge >= 0.3 is 23.9 Å². The molecule has 2 N–H and O–H groups in total. The van der Waals surface area contributed by atoms with Crippen molar-refractivity contribution in [2.24, 2.45) is 5.73 Å². The lowest BCUT2D eigenvalue weighted by molar-refractivity contribution is -0.389. The van der Waals surface area contributed by atoms with Gasteiger partial charge in [0.1, 0.15) is 5.82 Å². The van der Waals surface area contributed by atoms with E-state index < -0.39 is 52.4 Å². The van der Waals surface area contributed by atoms with E-state index >= 15 is 0 Å². The summed E-state index contributed by atoms with van der Waals surface area (Å²) < 4.78 is 132. The molecular weight excluding hydrogens is 424 g/mol. The number of rotatable bonds is 4. The lowest BCUT2D eigenvalue weighted by Crippen LogP contribution is -2.59. The predicted octanol–water partition coefficient (Wildman–Crippen LogP) is 5.52. The molecular formula is C17H9F10NO. The fraction of sp³-hybridized carbons (Fsp3) is 0.235. The van der Waals surface area contributed by atoms with Gasteiger partial charge in [-0.2, -0.15) is 35.1 Å². The van der Waals surface area contributed by atoms with Crippen LogP contribution in [0.4, 0.5) is 43.9 Å². The van der Waals surface area contributed by atoms with Crippen LogP contribution in [0.15, 0.2) is 42.5 Å². The van der Waals surface area contributed by atoms with Gasteiger partial charge in [-0.25, -0.2) is 8.78 Å². The molecule has 2 nitrogen and oxygen atoms in total. The van der Waals surface area contributed by atoms with Crippen molar-refractivity contribution in [2.75, 3.05) is 0 Å². The van der Waals surface area contributed by atoms with Gasteiger partial charge in [0.25, 0.3) is 5.91 Å². The van der Waals surface area contributed by atoms with Crippen LogP contribution in [0.1, 0.15) is 15.9 Å². The zero-order chi connectivity index (χ0) is 22.4. The molecule has 0 aliphatic carbocycles. The number of carbonyl (C=O) groups is 1. The molecule has 1 atom stereocenters. The summed E-state index contributed by atoms with van der Waals surface area (Å²) in [5.41, 5.74) is -4.55. The number of benzene rings is 2. The summed E-state index contributed by atoms with van der Waals surface area (Å²) in [7, 11) is 0. The maximum atomic E-state index is 14.4. The van der Waals surface area contributed by atoms with E-state index in [1.54, 1.807) is 0 Å². The van der Waals surface area contributed by atoms with E-state index in [9.17, 15) is 48.7 Å². The van der Waals surface area contributed by atoms with Crippen LogP contribution >= 0.6 is 0 Å².